The molecule has 3 saturated carbocycles. The summed E-state index contributed by atoms with van der Waals surface area (Å²) in [4.78, 5) is 0. The molecule has 3 fully saturated rings. The van der Waals surface area contributed by atoms with E-state index in [9.17, 15) is 10.2 Å². The second kappa shape index (κ2) is 6.18. The number of phenols is 1. The van der Waals surface area contributed by atoms with Crippen LogP contribution in [0.15, 0.2) is 12.1 Å². The van der Waals surface area contributed by atoms with Crippen LogP contribution < -0.4 is 4.74 Å². The molecule has 0 saturated heterocycles. The van der Waals surface area contributed by atoms with Gasteiger partial charge in [-0.2, -0.15) is 0 Å². The number of aromatic hydroxyl groups is 1. The van der Waals surface area contributed by atoms with Gasteiger partial charge in [-0.1, -0.05) is 27.7 Å². The van der Waals surface area contributed by atoms with Crippen LogP contribution in [0, 0.1) is 40.9 Å². The van der Waals surface area contributed by atoms with Crippen molar-refractivity contribution >= 4 is 0 Å². The summed E-state index contributed by atoms with van der Waals surface area (Å²) in [6.45, 7) is 14.1. The van der Waals surface area contributed by atoms with Gasteiger partial charge in [0.15, 0.2) is 0 Å². The topological polar surface area (TPSA) is 49.7 Å². The second-order valence-electron chi connectivity index (χ2n) is 12.5. The van der Waals surface area contributed by atoms with Crippen molar-refractivity contribution in [3.8, 4) is 11.5 Å². The molecule has 1 aliphatic heterocycles. The molecule has 0 bridgehead atoms. The van der Waals surface area contributed by atoms with Crippen molar-refractivity contribution in [2.75, 3.05) is 0 Å². The Labute approximate surface area is 182 Å². The molecule has 3 heteroatoms. The summed E-state index contributed by atoms with van der Waals surface area (Å²) in [5.74, 6) is 3.08. The Balaban J connectivity index is 1.56. The molecule has 1 aromatic carbocycles. The minimum Gasteiger partial charge on any atom is -0.508 e. The van der Waals surface area contributed by atoms with Gasteiger partial charge in [0.1, 0.15) is 17.1 Å². The molecule has 2 N–H and O–H groups in total. The second-order valence-corrected chi connectivity index (χ2v) is 12.5. The van der Waals surface area contributed by atoms with Crippen molar-refractivity contribution in [3.05, 3.63) is 23.3 Å². The number of hydrogen-bond donors (Lipinski definition) is 2. The van der Waals surface area contributed by atoms with Gasteiger partial charge in [-0.15, -0.1) is 0 Å². The zero-order valence-electron chi connectivity index (χ0n) is 19.7. The van der Waals surface area contributed by atoms with Gasteiger partial charge < -0.3 is 14.9 Å². The minimum absolute atomic E-state index is 0.00630. The quantitative estimate of drug-likeness (QED) is 0.547. The number of ether oxygens (including phenoxy) is 1. The van der Waals surface area contributed by atoms with Gasteiger partial charge >= 0.3 is 0 Å². The number of benzene rings is 1. The third kappa shape index (κ3) is 2.54. The molecular formula is C27H40O3. The smallest absolute Gasteiger partial charge is 0.126 e. The molecule has 5 rings (SSSR count). The highest BCUT2D eigenvalue weighted by Crippen LogP contribution is 2.70. The summed E-state index contributed by atoms with van der Waals surface area (Å²) in [7, 11) is 0. The first-order valence-electron chi connectivity index (χ1n) is 12.1. The monoisotopic (exact) mass is 412 g/mol. The maximum absolute atomic E-state index is 10.8. The largest absolute Gasteiger partial charge is 0.508 e. The molecule has 3 nitrogen and oxygen atoms in total. The molecule has 4 aliphatic rings. The molecule has 0 unspecified atom stereocenters. The lowest BCUT2D eigenvalue weighted by Crippen LogP contribution is -2.66. The number of fused-ring (bicyclic) bond motifs is 6. The van der Waals surface area contributed by atoms with Crippen LogP contribution in [-0.2, 0) is 6.42 Å². The average molecular weight is 413 g/mol. The number of rotatable bonds is 0. The van der Waals surface area contributed by atoms with Gasteiger partial charge in [0.2, 0.25) is 0 Å². The van der Waals surface area contributed by atoms with E-state index in [0.717, 1.165) is 37.0 Å². The highest BCUT2D eigenvalue weighted by Gasteiger charge is 2.66. The van der Waals surface area contributed by atoms with E-state index < -0.39 is 0 Å². The van der Waals surface area contributed by atoms with Gasteiger partial charge in [-0.05, 0) is 110 Å². The third-order valence-corrected chi connectivity index (χ3v) is 10.6. The molecule has 30 heavy (non-hydrogen) atoms. The van der Waals surface area contributed by atoms with Crippen molar-refractivity contribution in [1.82, 2.24) is 0 Å². The zero-order chi connectivity index (χ0) is 21.7. The van der Waals surface area contributed by atoms with Crippen LogP contribution in [0.25, 0.3) is 0 Å². The van der Waals surface area contributed by atoms with Crippen molar-refractivity contribution < 1.29 is 14.9 Å². The normalized spacial score (nSPS) is 46.6. The van der Waals surface area contributed by atoms with Gasteiger partial charge in [-0.25, -0.2) is 0 Å². The van der Waals surface area contributed by atoms with Crippen LogP contribution in [0.2, 0.25) is 0 Å². The van der Waals surface area contributed by atoms with Crippen LogP contribution in [-0.4, -0.2) is 21.9 Å². The Hall–Kier alpha value is -1.22. The van der Waals surface area contributed by atoms with Crippen molar-refractivity contribution in [2.45, 2.75) is 98.2 Å². The Bertz CT molecular complexity index is 875. The average Bonchev–Trinajstić information content (AvgIpc) is 2.64. The lowest BCUT2D eigenvalue weighted by atomic mass is 9.37. The highest BCUT2D eigenvalue weighted by atomic mass is 16.5. The van der Waals surface area contributed by atoms with E-state index in [0.29, 0.717) is 23.5 Å². The molecule has 0 aromatic heterocycles. The van der Waals surface area contributed by atoms with Crippen LogP contribution in [0.3, 0.4) is 0 Å². The lowest BCUT2D eigenvalue weighted by Gasteiger charge is -2.69. The van der Waals surface area contributed by atoms with Gasteiger partial charge in [0.25, 0.3) is 0 Å². The Morgan fingerprint density at radius 3 is 2.23 bits per heavy atom. The maximum Gasteiger partial charge on any atom is 0.126 e. The van der Waals surface area contributed by atoms with E-state index in [-0.39, 0.29) is 27.9 Å². The zero-order valence-corrected chi connectivity index (χ0v) is 19.7. The number of aliphatic hydroxyl groups excluding tert-OH is 1. The van der Waals surface area contributed by atoms with Crippen LogP contribution in [0.1, 0.15) is 84.3 Å². The molecule has 3 aliphatic carbocycles. The molecule has 166 valence electrons. The number of aryl methyl sites for hydroxylation is 1. The molecule has 0 radical (unpaired) electrons. The fourth-order valence-corrected chi connectivity index (χ4v) is 9.11. The van der Waals surface area contributed by atoms with Crippen LogP contribution in [0.5, 0.6) is 11.5 Å². The fraction of sp³-hybridized carbons (Fsp3) is 0.778. The van der Waals surface area contributed by atoms with Crippen LogP contribution >= 0.6 is 0 Å². The van der Waals surface area contributed by atoms with Gasteiger partial charge in [-0.3, -0.25) is 0 Å². The molecule has 0 amide bonds. The van der Waals surface area contributed by atoms with Gasteiger partial charge in [0, 0.05) is 5.92 Å². The number of phenolic OH excluding ortho intramolecular Hbond substituents is 1. The fourth-order valence-electron chi connectivity index (χ4n) is 9.11. The number of hydrogen-bond acceptors (Lipinski definition) is 3. The molecule has 1 heterocycles. The van der Waals surface area contributed by atoms with E-state index in [1.807, 2.05) is 12.1 Å². The van der Waals surface area contributed by atoms with Crippen LogP contribution in [0.4, 0.5) is 0 Å². The number of aliphatic hydroxyl groups is 1. The Morgan fingerprint density at radius 2 is 1.50 bits per heavy atom. The summed E-state index contributed by atoms with van der Waals surface area (Å²) in [6, 6.07) is 3.76. The SMILES string of the molecule is Cc1cc(O)cc2c1O[C@]1(C)CC[C@@H]3[C@]4(C)CC[C@H](O)C(C)(C)[C@@H]4CC[C@]3(C)[C@@H]1C2. The van der Waals surface area contributed by atoms with E-state index in [1.165, 1.54) is 24.8 Å². The Morgan fingerprint density at radius 1 is 0.867 bits per heavy atom. The standard InChI is InChI=1S/C27H40O3/c1-16-13-18(28)14-17-15-21-26(5)10-7-19-24(2,3)22(29)9-11-25(19,4)20(26)8-12-27(21,6)30-23(16)17/h13-14,19-22,28-29H,7-12,15H2,1-6H3/t19-,20+,21-,22-,25+,26-,27+/m0/s1. The van der Waals surface area contributed by atoms with Crippen molar-refractivity contribution in [3.63, 3.8) is 0 Å². The molecule has 7 atom stereocenters. The summed E-state index contributed by atoms with van der Waals surface area (Å²) < 4.78 is 6.80. The predicted molar refractivity (Wildman–Crippen MR) is 120 cm³/mol. The molecular weight excluding hydrogens is 372 g/mol. The summed E-state index contributed by atoms with van der Waals surface area (Å²) >= 11 is 0. The maximum atomic E-state index is 10.8. The first-order chi connectivity index (χ1) is 13.9. The van der Waals surface area contributed by atoms with Gasteiger partial charge in [0.05, 0.1) is 6.10 Å². The first-order valence-corrected chi connectivity index (χ1v) is 12.1. The predicted octanol–water partition coefficient (Wildman–Crippen LogP) is 6.02. The Kier molecular flexibility index (Phi) is 4.26. The summed E-state index contributed by atoms with van der Waals surface area (Å²) in [5.41, 5.74) is 2.61. The van der Waals surface area contributed by atoms with E-state index in [1.54, 1.807) is 0 Å². The van der Waals surface area contributed by atoms with E-state index in [4.69, 9.17) is 4.74 Å². The van der Waals surface area contributed by atoms with E-state index in [2.05, 4.69) is 41.5 Å². The summed E-state index contributed by atoms with van der Waals surface area (Å²) in [6.07, 6.45) is 7.63. The summed E-state index contributed by atoms with van der Waals surface area (Å²) in [5, 5.41) is 21.0. The van der Waals surface area contributed by atoms with E-state index >= 15 is 0 Å². The first kappa shape index (κ1) is 20.7. The van der Waals surface area contributed by atoms with Crippen molar-refractivity contribution in [2.24, 2.45) is 34.0 Å². The third-order valence-electron chi connectivity index (χ3n) is 10.6. The lowest BCUT2D eigenvalue weighted by molar-refractivity contribution is -0.223. The molecule has 1 aromatic rings. The highest BCUT2D eigenvalue weighted by molar-refractivity contribution is 5.48. The molecule has 0 spiro atoms. The minimum atomic E-state index is -0.176. The van der Waals surface area contributed by atoms with Crippen molar-refractivity contribution in [1.29, 1.82) is 0 Å².